The minimum absolute atomic E-state index is 0.131. The van der Waals surface area contributed by atoms with Crippen LogP contribution in [0, 0.1) is 0 Å². The van der Waals surface area contributed by atoms with Crippen molar-refractivity contribution in [2.45, 2.75) is 25.9 Å². The number of fused-ring (bicyclic) bond motifs is 1. The van der Waals surface area contributed by atoms with Gasteiger partial charge < -0.3 is 19.4 Å². The molecule has 0 fully saturated rings. The van der Waals surface area contributed by atoms with E-state index in [0.29, 0.717) is 18.7 Å². The molecule has 1 aromatic heterocycles. The molecule has 3 aromatic carbocycles. The molecule has 0 saturated carbocycles. The standard InChI is InChI=1S/C26H26BrN3O3/c1-18(28-26(31)19-12-14-20(27)15-13-19)25-29-21-8-3-4-9-22(21)30(25)16-7-17-33-24-11-6-5-10-23(24)32-2/h3-6,8-15,18H,7,16-17H2,1-2H3,(H,28,31). The van der Waals surface area contributed by atoms with Crippen LogP contribution >= 0.6 is 15.9 Å². The average molecular weight is 508 g/mol. The molecule has 4 aromatic rings. The molecule has 4 rings (SSSR count). The Morgan fingerprint density at radius 2 is 1.73 bits per heavy atom. The van der Waals surface area contributed by atoms with Crippen LogP contribution in [0.4, 0.5) is 0 Å². The van der Waals surface area contributed by atoms with Crippen LogP contribution in [-0.4, -0.2) is 29.2 Å². The molecule has 7 heteroatoms. The van der Waals surface area contributed by atoms with Crippen molar-refractivity contribution in [3.8, 4) is 11.5 Å². The summed E-state index contributed by atoms with van der Waals surface area (Å²) in [5.41, 5.74) is 2.55. The van der Waals surface area contributed by atoms with Crippen molar-refractivity contribution >= 4 is 32.9 Å². The number of hydrogen-bond acceptors (Lipinski definition) is 4. The van der Waals surface area contributed by atoms with Crippen molar-refractivity contribution in [1.29, 1.82) is 0 Å². The molecule has 1 amide bonds. The number of nitrogens with one attached hydrogen (secondary N) is 1. The minimum Gasteiger partial charge on any atom is -0.493 e. The topological polar surface area (TPSA) is 65.4 Å². The van der Waals surface area contributed by atoms with Crippen LogP contribution in [0.25, 0.3) is 11.0 Å². The summed E-state index contributed by atoms with van der Waals surface area (Å²) in [7, 11) is 1.63. The van der Waals surface area contributed by atoms with Crippen LogP contribution in [0.1, 0.15) is 35.6 Å². The largest absolute Gasteiger partial charge is 0.493 e. The normalized spacial score (nSPS) is 11.8. The number of methoxy groups -OCH3 is 1. The molecule has 0 aliphatic heterocycles. The third-order valence-electron chi connectivity index (χ3n) is 5.38. The highest BCUT2D eigenvalue weighted by atomic mass is 79.9. The zero-order valence-corrected chi connectivity index (χ0v) is 20.2. The third-order valence-corrected chi connectivity index (χ3v) is 5.91. The van der Waals surface area contributed by atoms with E-state index in [-0.39, 0.29) is 11.9 Å². The quantitative estimate of drug-likeness (QED) is 0.292. The lowest BCUT2D eigenvalue weighted by Gasteiger charge is -2.17. The molecule has 33 heavy (non-hydrogen) atoms. The number of carbonyl (C=O) groups excluding carboxylic acids is 1. The van der Waals surface area contributed by atoms with Crippen molar-refractivity contribution in [2.24, 2.45) is 0 Å². The van der Waals surface area contributed by atoms with Crippen molar-refractivity contribution in [1.82, 2.24) is 14.9 Å². The van der Waals surface area contributed by atoms with E-state index in [1.807, 2.05) is 61.5 Å². The van der Waals surface area contributed by atoms with Gasteiger partial charge in [-0.1, -0.05) is 40.2 Å². The van der Waals surface area contributed by atoms with Gasteiger partial charge in [-0.25, -0.2) is 4.98 Å². The molecule has 0 radical (unpaired) electrons. The molecule has 0 spiro atoms. The van der Waals surface area contributed by atoms with Gasteiger partial charge in [-0.05, 0) is 61.9 Å². The summed E-state index contributed by atoms with van der Waals surface area (Å²) in [5.74, 6) is 2.13. The number of rotatable bonds is 9. The summed E-state index contributed by atoms with van der Waals surface area (Å²) in [4.78, 5) is 17.6. The molecule has 0 saturated heterocycles. The lowest BCUT2D eigenvalue weighted by molar-refractivity contribution is 0.0937. The van der Waals surface area contributed by atoms with Gasteiger partial charge in [-0.3, -0.25) is 4.79 Å². The van der Waals surface area contributed by atoms with E-state index in [9.17, 15) is 4.79 Å². The van der Waals surface area contributed by atoms with Crippen molar-refractivity contribution in [2.75, 3.05) is 13.7 Å². The lowest BCUT2D eigenvalue weighted by atomic mass is 10.2. The SMILES string of the molecule is COc1ccccc1OCCCn1c(C(C)NC(=O)c2ccc(Br)cc2)nc2ccccc21. The molecule has 170 valence electrons. The molecular weight excluding hydrogens is 482 g/mol. The first-order valence-electron chi connectivity index (χ1n) is 10.8. The Balaban J connectivity index is 1.48. The minimum atomic E-state index is -0.260. The van der Waals surface area contributed by atoms with Crippen LogP contribution in [0.3, 0.4) is 0 Å². The van der Waals surface area contributed by atoms with Gasteiger partial charge in [-0.15, -0.1) is 0 Å². The Labute approximate surface area is 201 Å². The van der Waals surface area contributed by atoms with E-state index in [1.54, 1.807) is 19.2 Å². The van der Waals surface area contributed by atoms with E-state index in [2.05, 4.69) is 31.9 Å². The van der Waals surface area contributed by atoms with Gasteiger partial charge in [0.1, 0.15) is 5.82 Å². The molecule has 1 unspecified atom stereocenters. The summed E-state index contributed by atoms with van der Waals surface area (Å²) in [6.45, 7) is 3.20. The fourth-order valence-electron chi connectivity index (χ4n) is 3.75. The number of aryl methyl sites for hydroxylation is 1. The summed E-state index contributed by atoms with van der Waals surface area (Å²) < 4.78 is 14.4. The number of aromatic nitrogens is 2. The first-order valence-corrected chi connectivity index (χ1v) is 11.6. The summed E-state index contributed by atoms with van der Waals surface area (Å²) >= 11 is 3.40. The molecule has 6 nitrogen and oxygen atoms in total. The monoisotopic (exact) mass is 507 g/mol. The van der Waals surface area contributed by atoms with Crippen molar-refractivity contribution in [3.05, 3.63) is 88.7 Å². The fraction of sp³-hybridized carbons (Fsp3) is 0.231. The zero-order valence-electron chi connectivity index (χ0n) is 18.6. The van der Waals surface area contributed by atoms with E-state index in [1.165, 1.54) is 0 Å². The first-order chi connectivity index (χ1) is 16.1. The molecule has 0 bridgehead atoms. The number of benzene rings is 3. The van der Waals surface area contributed by atoms with Crippen LogP contribution in [-0.2, 0) is 6.54 Å². The third kappa shape index (κ3) is 5.37. The number of hydrogen-bond donors (Lipinski definition) is 1. The Morgan fingerprint density at radius 3 is 2.48 bits per heavy atom. The first kappa shape index (κ1) is 22.9. The number of nitrogens with zero attached hydrogens (tertiary/aromatic N) is 2. The van der Waals surface area contributed by atoms with E-state index in [4.69, 9.17) is 14.5 Å². The maximum atomic E-state index is 12.7. The van der Waals surface area contributed by atoms with Crippen LogP contribution in [0.2, 0.25) is 0 Å². The highest BCUT2D eigenvalue weighted by Crippen LogP contribution is 2.26. The molecule has 0 aliphatic rings. The summed E-state index contributed by atoms with van der Waals surface area (Å²) in [5, 5.41) is 3.08. The van der Waals surface area contributed by atoms with Crippen LogP contribution in [0.15, 0.2) is 77.3 Å². The second-order valence-corrected chi connectivity index (χ2v) is 8.58. The van der Waals surface area contributed by atoms with E-state index in [0.717, 1.165) is 39.3 Å². The molecule has 1 atom stereocenters. The molecule has 1 heterocycles. The number of halogens is 1. The molecule has 1 N–H and O–H groups in total. The van der Waals surface area contributed by atoms with Gasteiger partial charge in [-0.2, -0.15) is 0 Å². The average Bonchev–Trinajstić information content (AvgIpc) is 3.21. The van der Waals surface area contributed by atoms with Crippen LogP contribution < -0.4 is 14.8 Å². The predicted molar refractivity (Wildman–Crippen MR) is 133 cm³/mol. The second-order valence-electron chi connectivity index (χ2n) is 7.67. The van der Waals surface area contributed by atoms with E-state index < -0.39 is 0 Å². The highest BCUT2D eigenvalue weighted by Gasteiger charge is 2.19. The zero-order chi connectivity index (χ0) is 23.2. The smallest absolute Gasteiger partial charge is 0.251 e. The highest BCUT2D eigenvalue weighted by molar-refractivity contribution is 9.10. The van der Waals surface area contributed by atoms with Gasteiger partial charge >= 0.3 is 0 Å². The van der Waals surface area contributed by atoms with E-state index >= 15 is 0 Å². The number of imidazole rings is 1. The maximum absolute atomic E-state index is 12.7. The number of ether oxygens (including phenoxy) is 2. The van der Waals surface area contributed by atoms with Gasteiger partial charge in [0.25, 0.3) is 5.91 Å². The van der Waals surface area contributed by atoms with Crippen LogP contribution in [0.5, 0.6) is 11.5 Å². The van der Waals surface area contributed by atoms with Gasteiger partial charge in [0.15, 0.2) is 11.5 Å². The fourth-order valence-corrected chi connectivity index (χ4v) is 4.01. The van der Waals surface area contributed by atoms with Crippen molar-refractivity contribution < 1.29 is 14.3 Å². The molecule has 0 aliphatic carbocycles. The maximum Gasteiger partial charge on any atom is 0.251 e. The lowest BCUT2D eigenvalue weighted by Crippen LogP contribution is -2.28. The predicted octanol–water partition coefficient (Wildman–Crippen LogP) is 5.77. The van der Waals surface area contributed by atoms with Gasteiger partial charge in [0, 0.05) is 16.6 Å². The van der Waals surface area contributed by atoms with Gasteiger partial charge in [0.2, 0.25) is 0 Å². The number of para-hydroxylation sites is 4. The Bertz CT molecular complexity index is 1240. The Kier molecular flexibility index (Phi) is 7.29. The number of amides is 1. The Morgan fingerprint density at radius 1 is 1.03 bits per heavy atom. The second kappa shape index (κ2) is 10.5. The summed E-state index contributed by atoms with van der Waals surface area (Å²) in [6.07, 6.45) is 0.777. The van der Waals surface area contributed by atoms with Gasteiger partial charge in [0.05, 0.1) is 30.8 Å². The number of carbonyl (C=O) groups is 1. The van der Waals surface area contributed by atoms with Crippen molar-refractivity contribution in [3.63, 3.8) is 0 Å². The Hall–Kier alpha value is -3.32. The molecular formula is C26H26BrN3O3. The summed E-state index contributed by atoms with van der Waals surface area (Å²) in [6, 6.07) is 22.7.